The minimum absolute atomic E-state index is 0.298. The van der Waals surface area contributed by atoms with Crippen LogP contribution in [-0.2, 0) is 4.79 Å². The van der Waals surface area contributed by atoms with Crippen LogP contribution >= 0.6 is 0 Å². The maximum atomic E-state index is 13.6. The third kappa shape index (κ3) is 2.85. The molecule has 0 amide bonds. The van der Waals surface area contributed by atoms with Crippen LogP contribution in [0.15, 0.2) is 48.8 Å². The SMILES string of the molecule is O=C(O)C1CCCN1C(c1cccnc1)c1cccc(F)c1. The fourth-order valence-electron chi connectivity index (χ4n) is 3.15. The van der Waals surface area contributed by atoms with Crippen LogP contribution in [0.3, 0.4) is 0 Å². The van der Waals surface area contributed by atoms with Crippen molar-refractivity contribution in [2.24, 2.45) is 0 Å². The largest absolute Gasteiger partial charge is 0.480 e. The van der Waals surface area contributed by atoms with E-state index in [1.165, 1.54) is 12.1 Å². The quantitative estimate of drug-likeness (QED) is 0.943. The van der Waals surface area contributed by atoms with Crippen LogP contribution in [-0.4, -0.2) is 33.5 Å². The van der Waals surface area contributed by atoms with Crippen molar-refractivity contribution in [1.29, 1.82) is 0 Å². The summed E-state index contributed by atoms with van der Waals surface area (Å²) in [5.74, 6) is -1.15. The fourth-order valence-corrected chi connectivity index (χ4v) is 3.15. The number of benzene rings is 1. The molecule has 2 unspecified atom stereocenters. The molecule has 22 heavy (non-hydrogen) atoms. The number of carboxylic acids is 1. The normalized spacial score (nSPS) is 20.0. The molecule has 114 valence electrons. The topological polar surface area (TPSA) is 53.4 Å². The van der Waals surface area contributed by atoms with Crippen molar-refractivity contribution in [3.8, 4) is 0 Å². The van der Waals surface area contributed by atoms with Crippen LogP contribution in [0.2, 0.25) is 0 Å². The van der Waals surface area contributed by atoms with Gasteiger partial charge in [0.1, 0.15) is 11.9 Å². The van der Waals surface area contributed by atoms with Gasteiger partial charge in [0.15, 0.2) is 0 Å². The highest BCUT2D eigenvalue weighted by atomic mass is 19.1. The molecule has 0 radical (unpaired) electrons. The highest BCUT2D eigenvalue weighted by molar-refractivity contribution is 5.74. The number of aliphatic carboxylic acids is 1. The van der Waals surface area contributed by atoms with Gasteiger partial charge in [0.25, 0.3) is 0 Å². The summed E-state index contributed by atoms with van der Waals surface area (Å²) >= 11 is 0. The van der Waals surface area contributed by atoms with E-state index in [1.807, 2.05) is 23.1 Å². The fraction of sp³-hybridized carbons (Fsp3) is 0.294. The smallest absolute Gasteiger partial charge is 0.320 e. The number of halogens is 1. The molecule has 1 aromatic heterocycles. The number of aromatic nitrogens is 1. The molecule has 1 fully saturated rings. The van der Waals surface area contributed by atoms with Gasteiger partial charge in [-0.3, -0.25) is 14.7 Å². The van der Waals surface area contributed by atoms with Crippen LogP contribution < -0.4 is 0 Å². The van der Waals surface area contributed by atoms with E-state index in [4.69, 9.17) is 0 Å². The minimum atomic E-state index is -0.831. The summed E-state index contributed by atoms with van der Waals surface area (Å²) < 4.78 is 13.6. The Morgan fingerprint density at radius 2 is 2.14 bits per heavy atom. The van der Waals surface area contributed by atoms with Gasteiger partial charge in [-0.2, -0.15) is 0 Å². The van der Waals surface area contributed by atoms with E-state index >= 15 is 0 Å². The Bertz CT molecular complexity index is 663. The lowest BCUT2D eigenvalue weighted by molar-refractivity contribution is -0.142. The van der Waals surface area contributed by atoms with E-state index in [0.717, 1.165) is 17.5 Å². The van der Waals surface area contributed by atoms with Crippen LogP contribution in [0, 0.1) is 5.82 Å². The molecule has 1 aliphatic heterocycles. The molecule has 2 atom stereocenters. The van der Waals surface area contributed by atoms with Crippen LogP contribution in [0.4, 0.5) is 4.39 Å². The molecule has 1 saturated heterocycles. The molecule has 0 saturated carbocycles. The van der Waals surface area contributed by atoms with Crippen LogP contribution in [0.1, 0.15) is 30.0 Å². The molecule has 2 aromatic rings. The van der Waals surface area contributed by atoms with Crippen molar-refractivity contribution in [2.45, 2.75) is 24.9 Å². The molecule has 1 aliphatic rings. The van der Waals surface area contributed by atoms with E-state index in [2.05, 4.69) is 4.98 Å². The molecule has 1 N–H and O–H groups in total. The second kappa shape index (κ2) is 6.23. The Morgan fingerprint density at radius 3 is 2.82 bits per heavy atom. The summed E-state index contributed by atoms with van der Waals surface area (Å²) in [5.41, 5.74) is 1.63. The minimum Gasteiger partial charge on any atom is -0.480 e. The number of carbonyl (C=O) groups is 1. The van der Waals surface area contributed by atoms with Gasteiger partial charge in [0.2, 0.25) is 0 Å². The van der Waals surface area contributed by atoms with Crippen molar-refractivity contribution in [3.05, 3.63) is 65.7 Å². The Labute approximate surface area is 128 Å². The van der Waals surface area contributed by atoms with Crippen molar-refractivity contribution < 1.29 is 14.3 Å². The molecular weight excluding hydrogens is 283 g/mol. The van der Waals surface area contributed by atoms with Gasteiger partial charge in [-0.05, 0) is 42.2 Å². The third-order valence-electron chi connectivity index (χ3n) is 4.08. The van der Waals surface area contributed by atoms with E-state index in [9.17, 15) is 14.3 Å². The summed E-state index contributed by atoms with van der Waals surface area (Å²) in [4.78, 5) is 17.6. The van der Waals surface area contributed by atoms with E-state index in [0.29, 0.717) is 13.0 Å². The number of carboxylic acid groups (broad SMARTS) is 1. The number of pyridine rings is 1. The standard InChI is InChI=1S/C17H17FN2O2/c18-14-6-1-4-12(10-14)16(13-5-2-8-19-11-13)20-9-3-7-15(20)17(21)22/h1-2,4-6,8,10-11,15-16H,3,7,9H2,(H,21,22). The lowest BCUT2D eigenvalue weighted by atomic mass is 9.97. The zero-order valence-corrected chi connectivity index (χ0v) is 12.0. The Morgan fingerprint density at radius 1 is 1.32 bits per heavy atom. The number of rotatable bonds is 4. The van der Waals surface area contributed by atoms with Gasteiger partial charge in [-0.15, -0.1) is 0 Å². The summed E-state index contributed by atoms with van der Waals surface area (Å²) in [6.07, 6.45) is 4.82. The second-order valence-electron chi connectivity index (χ2n) is 5.48. The van der Waals surface area contributed by atoms with Gasteiger partial charge in [-0.1, -0.05) is 18.2 Å². The molecule has 0 spiro atoms. The zero-order chi connectivity index (χ0) is 15.5. The third-order valence-corrected chi connectivity index (χ3v) is 4.08. The average molecular weight is 300 g/mol. The van der Waals surface area contributed by atoms with E-state index < -0.39 is 12.0 Å². The first-order chi connectivity index (χ1) is 10.7. The molecule has 4 nitrogen and oxygen atoms in total. The van der Waals surface area contributed by atoms with Crippen LogP contribution in [0.5, 0.6) is 0 Å². The summed E-state index contributed by atoms with van der Waals surface area (Å²) in [7, 11) is 0. The first kappa shape index (κ1) is 14.7. The summed E-state index contributed by atoms with van der Waals surface area (Å²) in [6.45, 7) is 0.674. The van der Waals surface area contributed by atoms with Crippen molar-refractivity contribution >= 4 is 5.97 Å². The predicted molar refractivity (Wildman–Crippen MR) is 79.8 cm³/mol. The monoisotopic (exact) mass is 300 g/mol. The maximum absolute atomic E-state index is 13.6. The number of likely N-dealkylation sites (tertiary alicyclic amines) is 1. The average Bonchev–Trinajstić information content (AvgIpc) is 2.98. The van der Waals surface area contributed by atoms with E-state index in [-0.39, 0.29) is 11.9 Å². The maximum Gasteiger partial charge on any atom is 0.320 e. The molecule has 0 bridgehead atoms. The molecular formula is C17H17FN2O2. The number of nitrogens with zero attached hydrogens (tertiary/aromatic N) is 2. The highest BCUT2D eigenvalue weighted by Gasteiger charge is 2.36. The summed E-state index contributed by atoms with van der Waals surface area (Å²) in [6, 6.07) is 9.21. The van der Waals surface area contributed by atoms with Gasteiger partial charge in [0.05, 0.1) is 6.04 Å². The Hall–Kier alpha value is -2.27. The van der Waals surface area contributed by atoms with Crippen LogP contribution in [0.25, 0.3) is 0 Å². The number of hydrogen-bond donors (Lipinski definition) is 1. The van der Waals surface area contributed by atoms with Crippen molar-refractivity contribution in [1.82, 2.24) is 9.88 Å². The van der Waals surface area contributed by atoms with Crippen molar-refractivity contribution in [3.63, 3.8) is 0 Å². The van der Waals surface area contributed by atoms with Gasteiger partial charge in [-0.25, -0.2) is 4.39 Å². The highest BCUT2D eigenvalue weighted by Crippen LogP contribution is 2.34. The first-order valence-corrected chi connectivity index (χ1v) is 7.31. The number of hydrogen-bond acceptors (Lipinski definition) is 3. The van der Waals surface area contributed by atoms with Gasteiger partial charge < -0.3 is 5.11 Å². The molecule has 0 aliphatic carbocycles. The van der Waals surface area contributed by atoms with E-state index in [1.54, 1.807) is 18.5 Å². The van der Waals surface area contributed by atoms with Crippen molar-refractivity contribution in [2.75, 3.05) is 6.54 Å². The lowest BCUT2D eigenvalue weighted by Crippen LogP contribution is -2.39. The van der Waals surface area contributed by atoms with Gasteiger partial charge >= 0.3 is 5.97 Å². The Balaban J connectivity index is 2.05. The molecule has 5 heteroatoms. The first-order valence-electron chi connectivity index (χ1n) is 7.31. The predicted octanol–water partition coefficient (Wildman–Crippen LogP) is 2.86. The molecule has 1 aromatic carbocycles. The molecule has 3 rings (SSSR count). The zero-order valence-electron chi connectivity index (χ0n) is 12.0. The van der Waals surface area contributed by atoms with Gasteiger partial charge in [0, 0.05) is 18.9 Å². The lowest BCUT2D eigenvalue weighted by Gasteiger charge is -2.31. The Kier molecular flexibility index (Phi) is 4.15. The summed E-state index contributed by atoms with van der Waals surface area (Å²) in [5, 5.41) is 9.45. The second-order valence-corrected chi connectivity index (χ2v) is 5.48. The molecule has 2 heterocycles.